The Kier molecular flexibility index (Phi) is 6.98. The number of nitrogens with zero attached hydrogens (tertiary/aromatic N) is 3. The summed E-state index contributed by atoms with van der Waals surface area (Å²) >= 11 is 5.87. The van der Waals surface area contributed by atoms with Gasteiger partial charge in [0.25, 0.3) is 11.8 Å². The lowest BCUT2D eigenvalue weighted by atomic mass is 9.99. The van der Waals surface area contributed by atoms with E-state index in [9.17, 15) is 18.4 Å². The zero-order valence-corrected chi connectivity index (χ0v) is 17.1. The van der Waals surface area contributed by atoms with E-state index in [0.29, 0.717) is 16.1 Å². The Bertz CT molecular complexity index is 1030. The summed E-state index contributed by atoms with van der Waals surface area (Å²) in [6.45, 7) is -0.629. The van der Waals surface area contributed by atoms with Crippen LogP contribution in [-0.2, 0) is 4.79 Å². The molecule has 1 aromatic heterocycles. The standard InChI is InChI=1S/C22H19ClF2N4O2/c23-17-5-2-15(3-6-17)1-4-16-13-27-9-7-19(16)21(31)28-14-20(30)29-10-8-22(24,25)11-18(29)12-26/h1-7,9,13,18H,8,10-11,14H2,(H,28,31)/b4-1+. The lowest BCUT2D eigenvalue weighted by Crippen LogP contribution is -2.51. The van der Waals surface area contributed by atoms with Crippen LogP contribution in [0.4, 0.5) is 8.78 Å². The van der Waals surface area contributed by atoms with Crippen LogP contribution in [-0.4, -0.2) is 46.8 Å². The van der Waals surface area contributed by atoms with Crippen molar-refractivity contribution >= 4 is 35.6 Å². The van der Waals surface area contributed by atoms with Crippen LogP contribution < -0.4 is 5.32 Å². The minimum Gasteiger partial charge on any atom is -0.343 e. The average molecular weight is 445 g/mol. The van der Waals surface area contributed by atoms with E-state index < -0.39 is 43.2 Å². The van der Waals surface area contributed by atoms with Gasteiger partial charge in [-0.1, -0.05) is 35.9 Å². The maximum absolute atomic E-state index is 13.5. The van der Waals surface area contributed by atoms with E-state index in [4.69, 9.17) is 16.9 Å². The van der Waals surface area contributed by atoms with Gasteiger partial charge in [-0.15, -0.1) is 0 Å². The molecule has 1 saturated heterocycles. The van der Waals surface area contributed by atoms with Crippen molar-refractivity contribution in [2.24, 2.45) is 0 Å². The van der Waals surface area contributed by atoms with Crippen molar-refractivity contribution in [2.45, 2.75) is 24.8 Å². The molecule has 1 N–H and O–H groups in total. The number of alkyl halides is 2. The van der Waals surface area contributed by atoms with Gasteiger partial charge in [0.1, 0.15) is 6.04 Å². The minimum absolute atomic E-state index is 0.232. The van der Waals surface area contributed by atoms with Gasteiger partial charge in [0.2, 0.25) is 5.91 Å². The molecule has 31 heavy (non-hydrogen) atoms. The molecular weight excluding hydrogens is 426 g/mol. The molecule has 6 nitrogen and oxygen atoms in total. The molecule has 1 unspecified atom stereocenters. The van der Waals surface area contributed by atoms with Crippen LogP contribution in [0.2, 0.25) is 5.02 Å². The van der Waals surface area contributed by atoms with Crippen molar-refractivity contribution < 1.29 is 18.4 Å². The van der Waals surface area contributed by atoms with Gasteiger partial charge < -0.3 is 10.2 Å². The molecule has 0 spiro atoms. The quantitative estimate of drug-likeness (QED) is 0.760. The van der Waals surface area contributed by atoms with Gasteiger partial charge >= 0.3 is 0 Å². The molecule has 0 saturated carbocycles. The molecule has 1 aliphatic heterocycles. The summed E-state index contributed by atoms with van der Waals surface area (Å²) in [7, 11) is 0. The van der Waals surface area contributed by atoms with Crippen molar-refractivity contribution in [1.29, 1.82) is 5.26 Å². The summed E-state index contributed by atoms with van der Waals surface area (Å²) in [5, 5.41) is 12.2. The van der Waals surface area contributed by atoms with E-state index in [-0.39, 0.29) is 6.54 Å². The van der Waals surface area contributed by atoms with Crippen LogP contribution in [0.3, 0.4) is 0 Å². The second kappa shape index (κ2) is 9.67. The molecule has 160 valence electrons. The number of carbonyl (C=O) groups excluding carboxylic acids is 2. The van der Waals surface area contributed by atoms with Gasteiger partial charge in [-0.3, -0.25) is 14.6 Å². The van der Waals surface area contributed by atoms with Crippen LogP contribution in [0, 0.1) is 11.3 Å². The Morgan fingerprint density at radius 1 is 1.29 bits per heavy atom. The first-order valence-corrected chi connectivity index (χ1v) is 9.90. The third-order valence-electron chi connectivity index (χ3n) is 4.88. The fourth-order valence-corrected chi connectivity index (χ4v) is 3.33. The Balaban J connectivity index is 1.65. The number of rotatable bonds is 5. The highest BCUT2D eigenvalue weighted by Crippen LogP contribution is 2.31. The number of pyridine rings is 1. The molecule has 0 bridgehead atoms. The summed E-state index contributed by atoms with van der Waals surface area (Å²) < 4.78 is 27.0. The number of piperidine rings is 1. The maximum atomic E-state index is 13.5. The SMILES string of the molecule is N#CC1CC(F)(F)CCN1C(=O)CNC(=O)c1ccncc1/C=C/c1ccc(Cl)cc1. The molecule has 0 aliphatic carbocycles. The highest BCUT2D eigenvalue weighted by molar-refractivity contribution is 6.30. The molecule has 2 amide bonds. The van der Waals surface area contributed by atoms with Crippen molar-refractivity contribution in [3.63, 3.8) is 0 Å². The summed E-state index contributed by atoms with van der Waals surface area (Å²) in [4.78, 5) is 30.1. The van der Waals surface area contributed by atoms with Gasteiger partial charge in [-0.25, -0.2) is 8.78 Å². The van der Waals surface area contributed by atoms with E-state index in [2.05, 4.69) is 10.3 Å². The number of carbonyl (C=O) groups is 2. The third-order valence-corrected chi connectivity index (χ3v) is 5.13. The number of amides is 2. The number of likely N-dealkylation sites (tertiary alicyclic amines) is 1. The number of nitriles is 1. The van der Waals surface area contributed by atoms with Crippen LogP contribution in [0.1, 0.15) is 34.3 Å². The minimum atomic E-state index is -2.97. The Morgan fingerprint density at radius 2 is 2.03 bits per heavy atom. The highest BCUT2D eigenvalue weighted by Gasteiger charge is 2.42. The number of nitrogens with one attached hydrogen (secondary N) is 1. The van der Waals surface area contributed by atoms with Crippen molar-refractivity contribution in [3.8, 4) is 6.07 Å². The first-order valence-electron chi connectivity index (χ1n) is 9.52. The van der Waals surface area contributed by atoms with Crippen molar-refractivity contribution in [2.75, 3.05) is 13.1 Å². The lowest BCUT2D eigenvalue weighted by molar-refractivity contribution is -0.139. The van der Waals surface area contributed by atoms with Crippen molar-refractivity contribution in [1.82, 2.24) is 15.2 Å². The summed E-state index contributed by atoms with van der Waals surface area (Å²) in [5.41, 5.74) is 1.71. The normalized spacial score (nSPS) is 17.9. The van der Waals surface area contributed by atoms with Crippen LogP contribution in [0.15, 0.2) is 42.7 Å². The van der Waals surface area contributed by atoms with E-state index in [0.717, 1.165) is 10.5 Å². The van der Waals surface area contributed by atoms with E-state index in [1.54, 1.807) is 30.4 Å². The predicted octanol–water partition coefficient (Wildman–Crippen LogP) is 3.79. The Morgan fingerprint density at radius 3 is 2.74 bits per heavy atom. The molecular formula is C22H19ClF2N4O2. The maximum Gasteiger partial charge on any atom is 0.252 e. The smallest absolute Gasteiger partial charge is 0.252 e. The summed E-state index contributed by atoms with van der Waals surface area (Å²) in [5.74, 6) is -4.06. The second-order valence-electron chi connectivity index (χ2n) is 7.07. The average Bonchev–Trinajstić information content (AvgIpc) is 2.76. The van der Waals surface area contributed by atoms with Crippen LogP contribution in [0.5, 0.6) is 0 Å². The predicted molar refractivity (Wildman–Crippen MR) is 112 cm³/mol. The molecule has 2 heterocycles. The molecule has 3 rings (SSSR count). The molecule has 1 atom stereocenters. The Labute approximate surface area is 183 Å². The lowest BCUT2D eigenvalue weighted by Gasteiger charge is -2.35. The fourth-order valence-electron chi connectivity index (χ4n) is 3.21. The highest BCUT2D eigenvalue weighted by atomic mass is 35.5. The number of aromatic nitrogens is 1. The van der Waals surface area contributed by atoms with E-state index in [1.165, 1.54) is 18.5 Å². The first kappa shape index (κ1) is 22.4. The molecule has 2 aromatic rings. The largest absolute Gasteiger partial charge is 0.343 e. The molecule has 1 aromatic carbocycles. The van der Waals surface area contributed by atoms with Gasteiger partial charge in [-0.2, -0.15) is 5.26 Å². The zero-order chi connectivity index (χ0) is 22.4. The summed E-state index contributed by atoms with van der Waals surface area (Å²) in [6, 6.07) is 9.17. The third kappa shape index (κ3) is 5.86. The van der Waals surface area contributed by atoms with Gasteiger partial charge in [0.05, 0.1) is 12.6 Å². The number of benzene rings is 1. The first-order chi connectivity index (χ1) is 14.8. The summed E-state index contributed by atoms with van der Waals surface area (Å²) in [6.07, 6.45) is 5.27. The number of hydrogen-bond donors (Lipinski definition) is 1. The van der Waals surface area contributed by atoms with Gasteiger partial charge in [0.15, 0.2) is 0 Å². The van der Waals surface area contributed by atoms with E-state index in [1.807, 2.05) is 12.1 Å². The monoisotopic (exact) mass is 444 g/mol. The topological polar surface area (TPSA) is 86.1 Å². The second-order valence-corrected chi connectivity index (χ2v) is 7.51. The number of halogens is 3. The molecule has 0 radical (unpaired) electrons. The van der Waals surface area contributed by atoms with Crippen molar-refractivity contribution in [3.05, 3.63) is 64.4 Å². The number of hydrogen-bond acceptors (Lipinski definition) is 4. The van der Waals surface area contributed by atoms with Gasteiger partial charge in [-0.05, 0) is 23.8 Å². The molecule has 9 heteroatoms. The molecule has 1 aliphatic rings. The molecule has 1 fully saturated rings. The van der Waals surface area contributed by atoms with Gasteiger partial charge in [0, 0.05) is 47.9 Å². The van der Waals surface area contributed by atoms with Crippen LogP contribution in [0.25, 0.3) is 12.2 Å². The zero-order valence-electron chi connectivity index (χ0n) is 16.4. The Hall–Kier alpha value is -3.31. The fraction of sp³-hybridized carbons (Fsp3) is 0.273. The van der Waals surface area contributed by atoms with E-state index >= 15 is 0 Å². The van der Waals surface area contributed by atoms with Crippen LogP contribution >= 0.6 is 11.6 Å².